The summed E-state index contributed by atoms with van der Waals surface area (Å²) in [6.45, 7) is 0. The zero-order valence-electron chi connectivity index (χ0n) is 21.5. The van der Waals surface area contributed by atoms with E-state index in [0.29, 0.717) is 28.2 Å². The highest BCUT2D eigenvalue weighted by molar-refractivity contribution is 6.30. The number of nitrogen functional groups attached to an aromatic ring is 1. The Morgan fingerprint density at radius 2 is 1.67 bits per heavy atom. The second-order valence-corrected chi connectivity index (χ2v) is 9.20. The van der Waals surface area contributed by atoms with Crippen LogP contribution in [-0.4, -0.2) is 30.8 Å². The molecule has 4 N–H and O–H groups in total. The monoisotopic (exact) mass is 616 g/mol. The van der Waals surface area contributed by atoms with Gasteiger partial charge >= 0.3 is 18.2 Å². The van der Waals surface area contributed by atoms with E-state index in [4.69, 9.17) is 22.1 Å². The third kappa shape index (κ3) is 6.95. The Kier molecular flexibility index (Phi) is 8.07. The number of ether oxygens (including phenoxy) is 1. The molecule has 0 spiro atoms. The van der Waals surface area contributed by atoms with Gasteiger partial charge in [-0.2, -0.15) is 18.3 Å². The second kappa shape index (κ2) is 11.9. The molecule has 2 aromatic carbocycles. The predicted molar refractivity (Wildman–Crippen MR) is 147 cm³/mol. The molecule has 0 fully saturated rings. The van der Waals surface area contributed by atoms with Crippen LogP contribution in [0.25, 0.3) is 16.8 Å². The molecule has 0 aliphatic carbocycles. The summed E-state index contributed by atoms with van der Waals surface area (Å²) in [5.74, 6) is 0.706. The third-order valence-corrected chi connectivity index (χ3v) is 6.00. The Balaban J connectivity index is 1.26. The minimum Gasteiger partial charge on any atom is -0.424 e. The number of halogens is 6. The molecular weight excluding hydrogens is 599 g/mol. The van der Waals surface area contributed by atoms with Crippen LogP contribution >= 0.6 is 11.6 Å². The number of anilines is 3. The second-order valence-electron chi connectivity index (χ2n) is 8.77. The van der Waals surface area contributed by atoms with E-state index in [1.165, 1.54) is 18.6 Å². The van der Waals surface area contributed by atoms with Crippen molar-refractivity contribution in [1.82, 2.24) is 24.7 Å². The minimum atomic E-state index is -4.72. The fourth-order valence-electron chi connectivity index (χ4n) is 3.81. The van der Waals surface area contributed by atoms with Crippen molar-refractivity contribution in [3.05, 3.63) is 95.7 Å². The van der Waals surface area contributed by atoms with Crippen LogP contribution in [0.1, 0.15) is 17.7 Å². The molecule has 0 aliphatic rings. The molecule has 0 unspecified atom stereocenters. The topological polar surface area (TPSA) is 133 Å². The van der Waals surface area contributed by atoms with E-state index in [-0.39, 0.29) is 23.1 Å². The van der Waals surface area contributed by atoms with Crippen molar-refractivity contribution in [1.29, 1.82) is 0 Å². The smallest absolute Gasteiger partial charge is 0.424 e. The lowest BCUT2D eigenvalue weighted by molar-refractivity contribution is -0.141. The summed E-state index contributed by atoms with van der Waals surface area (Å²) in [6, 6.07) is 11.3. The number of amides is 2. The average Bonchev–Trinajstić information content (AvgIpc) is 3.47. The van der Waals surface area contributed by atoms with Crippen LogP contribution in [0.4, 0.5) is 43.9 Å². The van der Waals surface area contributed by atoms with Gasteiger partial charge in [-0.1, -0.05) is 29.8 Å². The molecule has 0 bridgehead atoms. The van der Waals surface area contributed by atoms with Gasteiger partial charge in [0.25, 0.3) is 6.43 Å². The summed E-state index contributed by atoms with van der Waals surface area (Å²) in [5, 5.41) is 8.63. The maximum Gasteiger partial charge on any atom is 0.435 e. The largest absolute Gasteiger partial charge is 0.435 e. The number of alkyl halides is 5. The molecule has 2 amide bonds. The van der Waals surface area contributed by atoms with Gasteiger partial charge < -0.3 is 21.1 Å². The van der Waals surface area contributed by atoms with E-state index < -0.39 is 29.9 Å². The Hall–Kier alpha value is -5.31. The number of nitrogens with two attached hydrogens (primary N) is 1. The molecule has 43 heavy (non-hydrogen) atoms. The van der Waals surface area contributed by atoms with E-state index in [1.807, 2.05) is 0 Å². The first-order valence-electron chi connectivity index (χ1n) is 12.1. The maximum atomic E-state index is 13.3. The number of benzene rings is 2. The molecular formula is C27H18ClF5N8O2. The molecule has 5 aromatic rings. The third-order valence-electron chi connectivity index (χ3n) is 5.79. The van der Waals surface area contributed by atoms with Gasteiger partial charge in [0.15, 0.2) is 5.69 Å². The Morgan fingerprint density at radius 1 is 0.953 bits per heavy atom. The fraction of sp³-hybridized carbons (Fsp3) is 0.0741. The van der Waals surface area contributed by atoms with Gasteiger partial charge in [0, 0.05) is 23.5 Å². The van der Waals surface area contributed by atoms with Crippen LogP contribution in [-0.2, 0) is 6.18 Å². The highest BCUT2D eigenvalue weighted by Gasteiger charge is 2.34. The quantitative estimate of drug-likeness (QED) is 0.163. The fourth-order valence-corrected chi connectivity index (χ4v) is 3.96. The summed E-state index contributed by atoms with van der Waals surface area (Å²) in [7, 11) is 0. The molecule has 220 valence electrons. The number of carbonyl (C=O) groups is 1. The molecule has 5 rings (SSSR count). The lowest BCUT2D eigenvalue weighted by Crippen LogP contribution is -2.21. The molecule has 0 radical (unpaired) electrons. The standard InChI is InChI=1S/C27H18ClF5N8O2/c28-16-10-19(24(34)35-11-16)14-1-4-18(5-2-14)43-26-36-12-17(13-37-26)38-25(42)39-20-9-15(23(29)30)3-6-21(20)41-8-7-22(40-41)27(31,32)33/h1-13,23H,(H2,34,35)(H2,38,39,42). The van der Waals surface area contributed by atoms with Gasteiger partial charge in [-0.3, -0.25) is 0 Å². The number of urea groups is 1. The molecule has 0 atom stereocenters. The maximum absolute atomic E-state index is 13.3. The van der Waals surface area contributed by atoms with Crippen molar-refractivity contribution in [3.8, 4) is 28.6 Å². The van der Waals surface area contributed by atoms with Crippen molar-refractivity contribution in [3.63, 3.8) is 0 Å². The van der Waals surface area contributed by atoms with Crippen LogP contribution in [0.5, 0.6) is 11.8 Å². The summed E-state index contributed by atoms with van der Waals surface area (Å²) >= 11 is 6.00. The van der Waals surface area contributed by atoms with Gasteiger partial charge in [-0.15, -0.1) is 0 Å². The highest BCUT2D eigenvalue weighted by Crippen LogP contribution is 2.32. The zero-order chi connectivity index (χ0) is 30.7. The number of aromatic nitrogens is 5. The summed E-state index contributed by atoms with van der Waals surface area (Å²) in [6.07, 6.45) is -2.72. The Labute approximate surface area is 244 Å². The minimum absolute atomic E-state index is 0.0475. The number of hydrogen-bond acceptors (Lipinski definition) is 7. The van der Waals surface area contributed by atoms with Crippen LogP contribution in [0.3, 0.4) is 0 Å². The number of pyridine rings is 1. The molecule has 16 heteroatoms. The van der Waals surface area contributed by atoms with Crippen molar-refractivity contribution in [2.75, 3.05) is 16.4 Å². The van der Waals surface area contributed by atoms with E-state index in [9.17, 15) is 26.7 Å². The lowest BCUT2D eigenvalue weighted by atomic mass is 10.1. The summed E-state index contributed by atoms with van der Waals surface area (Å²) in [4.78, 5) is 24.7. The number of rotatable bonds is 7. The Morgan fingerprint density at radius 3 is 2.33 bits per heavy atom. The van der Waals surface area contributed by atoms with Gasteiger partial charge in [-0.25, -0.2) is 33.2 Å². The van der Waals surface area contributed by atoms with Crippen molar-refractivity contribution in [2.24, 2.45) is 0 Å². The molecule has 0 saturated carbocycles. The lowest BCUT2D eigenvalue weighted by Gasteiger charge is -2.14. The Bertz CT molecular complexity index is 1760. The molecule has 10 nitrogen and oxygen atoms in total. The first-order chi connectivity index (χ1) is 20.5. The first-order valence-corrected chi connectivity index (χ1v) is 12.5. The van der Waals surface area contributed by atoms with E-state index in [1.54, 1.807) is 30.3 Å². The van der Waals surface area contributed by atoms with Crippen molar-refractivity contribution < 1.29 is 31.5 Å². The van der Waals surface area contributed by atoms with E-state index >= 15 is 0 Å². The van der Waals surface area contributed by atoms with E-state index in [2.05, 4.69) is 30.7 Å². The van der Waals surface area contributed by atoms with Gasteiger partial charge in [0.05, 0.1) is 34.5 Å². The van der Waals surface area contributed by atoms with Crippen LogP contribution < -0.4 is 21.1 Å². The van der Waals surface area contributed by atoms with Crippen molar-refractivity contribution >= 4 is 34.8 Å². The SMILES string of the molecule is Nc1ncc(Cl)cc1-c1ccc(Oc2ncc(NC(=O)Nc3cc(C(F)F)ccc3-n3ccc(C(F)(F)F)n3)cn2)cc1. The summed E-state index contributed by atoms with van der Waals surface area (Å²) in [5.41, 5.74) is 5.47. The van der Waals surface area contributed by atoms with Crippen LogP contribution in [0.2, 0.25) is 5.02 Å². The number of hydrogen-bond donors (Lipinski definition) is 3. The molecule has 3 heterocycles. The normalized spacial score (nSPS) is 11.4. The van der Waals surface area contributed by atoms with Crippen molar-refractivity contribution in [2.45, 2.75) is 12.6 Å². The predicted octanol–water partition coefficient (Wildman–Crippen LogP) is 7.35. The number of nitrogens with zero attached hydrogens (tertiary/aromatic N) is 5. The highest BCUT2D eigenvalue weighted by atomic mass is 35.5. The number of carbonyl (C=O) groups excluding carboxylic acids is 1. The van der Waals surface area contributed by atoms with Gasteiger partial charge in [-0.05, 0) is 42.0 Å². The summed E-state index contributed by atoms with van der Waals surface area (Å²) < 4.78 is 72.1. The van der Waals surface area contributed by atoms with Crippen LogP contribution in [0, 0.1) is 0 Å². The average molecular weight is 617 g/mol. The molecule has 0 saturated heterocycles. The first kappa shape index (κ1) is 29.2. The molecule has 0 aliphatic heterocycles. The van der Waals surface area contributed by atoms with Crippen LogP contribution in [0.15, 0.2) is 79.4 Å². The van der Waals surface area contributed by atoms with Gasteiger partial charge in [0.2, 0.25) is 0 Å². The number of nitrogens with one attached hydrogen (secondary N) is 2. The zero-order valence-corrected chi connectivity index (χ0v) is 22.2. The van der Waals surface area contributed by atoms with Gasteiger partial charge in [0.1, 0.15) is 11.6 Å². The van der Waals surface area contributed by atoms with E-state index in [0.717, 1.165) is 34.6 Å². The molecule has 3 aromatic heterocycles.